The van der Waals surface area contributed by atoms with Crippen molar-refractivity contribution < 1.29 is 14.6 Å². The van der Waals surface area contributed by atoms with Crippen LogP contribution in [0.1, 0.15) is 40.1 Å². The van der Waals surface area contributed by atoms with Crippen LogP contribution in [0.25, 0.3) is 0 Å². The molecule has 1 atom stereocenters. The summed E-state index contributed by atoms with van der Waals surface area (Å²) in [4.78, 5) is 16.7. The van der Waals surface area contributed by atoms with E-state index in [9.17, 15) is 9.90 Å². The number of aryl methyl sites for hydroxylation is 1. The van der Waals surface area contributed by atoms with E-state index in [1.165, 1.54) is 0 Å². The molecule has 5 nitrogen and oxygen atoms in total. The lowest BCUT2D eigenvalue weighted by atomic mass is 10.1. The zero-order valence-corrected chi connectivity index (χ0v) is 15.3. The molecule has 3 rings (SSSR count). The zero-order valence-electron chi connectivity index (χ0n) is 15.3. The molecule has 0 saturated heterocycles. The van der Waals surface area contributed by atoms with Crippen LogP contribution in [0, 0.1) is 6.92 Å². The van der Waals surface area contributed by atoms with E-state index in [4.69, 9.17) is 4.74 Å². The monoisotopic (exact) mass is 362 g/mol. The van der Waals surface area contributed by atoms with Crippen molar-refractivity contribution in [2.75, 3.05) is 0 Å². The molecule has 1 amide bonds. The number of carbonyl (C=O) groups excluding carboxylic acids is 1. The molecule has 0 spiro atoms. The number of para-hydroxylation sites is 1. The van der Waals surface area contributed by atoms with Gasteiger partial charge in [-0.2, -0.15) is 0 Å². The van der Waals surface area contributed by atoms with Crippen LogP contribution in [0.3, 0.4) is 0 Å². The van der Waals surface area contributed by atoms with Gasteiger partial charge in [-0.05, 0) is 55.3 Å². The molecule has 2 N–H and O–H groups in total. The minimum atomic E-state index is -0.316. The highest BCUT2D eigenvalue weighted by molar-refractivity contribution is 5.97. The van der Waals surface area contributed by atoms with Gasteiger partial charge in [-0.1, -0.05) is 30.3 Å². The van der Waals surface area contributed by atoms with Gasteiger partial charge in [-0.15, -0.1) is 0 Å². The van der Waals surface area contributed by atoms with Gasteiger partial charge in [0.15, 0.2) is 0 Å². The van der Waals surface area contributed by atoms with Crippen molar-refractivity contribution in [2.45, 2.75) is 26.5 Å². The summed E-state index contributed by atoms with van der Waals surface area (Å²) in [6.45, 7) is 4.03. The van der Waals surface area contributed by atoms with Gasteiger partial charge in [-0.3, -0.25) is 9.78 Å². The molecule has 3 aromatic rings. The maximum Gasteiger partial charge on any atom is 0.255 e. The fourth-order valence-corrected chi connectivity index (χ4v) is 2.71. The fraction of sp³-hybridized carbons (Fsp3) is 0.182. The van der Waals surface area contributed by atoms with Crippen molar-refractivity contribution in [3.63, 3.8) is 0 Å². The molecule has 1 aromatic heterocycles. The number of aromatic nitrogens is 1. The lowest BCUT2D eigenvalue weighted by Gasteiger charge is -2.16. The number of hydrogen-bond acceptors (Lipinski definition) is 4. The third-order valence-electron chi connectivity index (χ3n) is 4.30. The second-order valence-corrected chi connectivity index (χ2v) is 6.35. The quantitative estimate of drug-likeness (QED) is 0.690. The number of ether oxygens (including phenoxy) is 1. The number of carbonyl (C=O) groups is 1. The second kappa shape index (κ2) is 8.36. The van der Waals surface area contributed by atoms with Crippen molar-refractivity contribution in [1.29, 1.82) is 0 Å². The van der Waals surface area contributed by atoms with Crippen molar-refractivity contribution in [1.82, 2.24) is 10.3 Å². The summed E-state index contributed by atoms with van der Waals surface area (Å²) < 4.78 is 5.79. The molecule has 5 heteroatoms. The number of hydrogen-bond donors (Lipinski definition) is 2. The number of nitrogens with zero attached hydrogens (tertiary/aromatic N) is 1. The molecule has 1 heterocycles. The Morgan fingerprint density at radius 2 is 1.96 bits per heavy atom. The number of benzene rings is 2. The number of amides is 1. The van der Waals surface area contributed by atoms with E-state index in [1.54, 1.807) is 31.3 Å². The number of nitrogens with one attached hydrogen (secondary N) is 1. The van der Waals surface area contributed by atoms with E-state index < -0.39 is 0 Å². The molecule has 0 aliphatic heterocycles. The third kappa shape index (κ3) is 4.64. The van der Waals surface area contributed by atoms with Crippen LogP contribution in [0.2, 0.25) is 0 Å². The predicted octanol–water partition coefficient (Wildman–Crippen LogP) is 4.17. The van der Waals surface area contributed by atoms with Gasteiger partial charge in [0.2, 0.25) is 0 Å². The van der Waals surface area contributed by atoms with E-state index in [1.807, 2.05) is 49.4 Å². The highest BCUT2D eigenvalue weighted by Gasteiger charge is 2.16. The standard InChI is InChI=1S/C22H22N2O3/c1-15-7-5-11-20(21(15)25)22(26)24-16(2)17-8-6-10-19(13-17)27-14-18-9-3-4-12-23-18/h3-13,16,25H,14H2,1-2H3,(H,24,26). The van der Waals surface area contributed by atoms with Gasteiger partial charge >= 0.3 is 0 Å². The van der Waals surface area contributed by atoms with Crippen LogP contribution in [0.5, 0.6) is 11.5 Å². The summed E-state index contributed by atoms with van der Waals surface area (Å²) in [5.74, 6) is 0.399. The Hall–Kier alpha value is -3.34. The first-order valence-corrected chi connectivity index (χ1v) is 8.76. The molecular weight excluding hydrogens is 340 g/mol. The third-order valence-corrected chi connectivity index (χ3v) is 4.30. The maximum absolute atomic E-state index is 12.5. The van der Waals surface area contributed by atoms with Crippen LogP contribution >= 0.6 is 0 Å². The highest BCUT2D eigenvalue weighted by Crippen LogP contribution is 2.24. The Morgan fingerprint density at radius 1 is 1.15 bits per heavy atom. The summed E-state index contributed by atoms with van der Waals surface area (Å²) in [5, 5.41) is 13.0. The topological polar surface area (TPSA) is 71.5 Å². The second-order valence-electron chi connectivity index (χ2n) is 6.35. The SMILES string of the molecule is Cc1cccc(C(=O)NC(C)c2cccc(OCc3ccccn3)c2)c1O. The van der Waals surface area contributed by atoms with Crippen LogP contribution in [-0.2, 0) is 6.61 Å². The molecule has 1 unspecified atom stereocenters. The summed E-state index contributed by atoms with van der Waals surface area (Å²) >= 11 is 0. The van der Waals surface area contributed by atoms with Crippen molar-refractivity contribution in [3.05, 3.63) is 89.2 Å². The number of phenolic OH excluding ortho intramolecular Hbond substituents is 1. The first-order valence-electron chi connectivity index (χ1n) is 8.76. The van der Waals surface area contributed by atoms with Crippen molar-refractivity contribution >= 4 is 5.91 Å². The highest BCUT2D eigenvalue weighted by atomic mass is 16.5. The normalized spacial score (nSPS) is 11.6. The molecule has 0 aliphatic carbocycles. The molecule has 0 bridgehead atoms. The van der Waals surface area contributed by atoms with Gasteiger partial charge in [0, 0.05) is 6.20 Å². The Morgan fingerprint density at radius 3 is 2.74 bits per heavy atom. The molecule has 27 heavy (non-hydrogen) atoms. The first kappa shape index (κ1) is 18.5. The minimum absolute atomic E-state index is 0.00893. The average Bonchev–Trinajstić information content (AvgIpc) is 2.69. The van der Waals surface area contributed by atoms with Crippen molar-refractivity contribution in [3.8, 4) is 11.5 Å². The summed E-state index contributed by atoms with van der Waals surface area (Å²) in [6.07, 6.45) is 1.73. The Balaban J connectivity index is 1.67. The summed E-state index contributed by atoms with van der Waals surface area (Å²) in [7, 11) is 0. The van der Waals surface area contributed by atoms with Gasteiger partial charge in [-0.25, -0.2) is 0 Å². The number of pyridine rings is 1. The van der Waals surface area contributed by atoms with E-state index in [0.717, 1.165) is 11.3 Å². The molecule has 0 saturated carbocycles. The first-order chi connectivity index (χ1) is 13.0. The summed E-state index contributed by atoms with van der Waals surface area (Å²) in [5.41, 5.74) is 2.69. The molecule has 0 aliphatic rings. The van der Waals surface area contributed by atoms with Gasteiger partial charge in [0.1, 0.15) is 18.1 Å². The molecule has 138 valence electrons. The number of rotatable bonds is 6. The van der Waals surface area contributed by atoms with Gasteiger partial charge in [0.05, 0.1) is 17.3 Å². The number of aromatic hydroxyl groups is 1. The lowest BCUT2D eigenvalue weighted by molar-refractivity contribution is 0.0937. The Kier molecular flexibility index (Phi) is 5.71. The average molecular weight is 362 g/mol. The van der Waals surface area contributed by atoms with Crippen LogP contribution in [0.4, 0.5) is 0 Å². The van der Waals surface area contributed by atoms with Crippen LogP contribution in [-0.4, -0.2) is 16.0 Å². The Bertz CT molecular complexity index is 926. The van der Waals surface area contributed by atoms with Crippen LogP contribution < -0.4 is 10.1 Å². The van der Waals surface area contributed by atoms with Gasteiger partial charge < -0.3 is 15.2 Å². The lowest BCUT2D eigenvalue weighted by Crippen LogP contribution is -2.26. The Labute approximate surface area is 158 Å². The molecular formula is C22H22N2O3. The van der Waals surface area contributed by atoms with E-state index in [0.29, 0.717) is 17.9 Å². The fourth-order valence-electron chi connectivity index (χ4n) is 2.71. The number of phenols is 1. The minimum Gasteiger partial charge on any atom is -0.507 e. The molecule has 0 fully saturated rings. The largest absolute Gasteiger partial charge is 0.507 e. The smallest absolute Gasteiger partial charge is 0.255 e. The molecule has 0 radical (unpaired) electrons. The molecule has 2 aromatic carbocycles. The van der Waals surface area contributed by atoms with E-state index in [2.05, 4.69) is 10.3 Å². The van der Waals surface area contributed by atoms with E-state index in [-0.39, 0.29) is 23.3 Å². The summed E-state index contributed by atoms with van der Waals surface area (Å²) in [6, 6.07) is 18.1. The predicted molar refractivity (Wildman–Crippen MR) is 104 cm³/mol. The van der Waals surface area contributed by atoms with E-state index >= 15 is 0 Å². The maximum atomic E-state index is 12.5. The van der Waals surface area contributed by atoms with Crippen LogP contribution in [0.15, 0.2) is 66.9 Å². The van der Waals surface area contributed by atoms with Crippen molar-refractivity contribution in [2.24, 2.45) is 0 Å². The van der Waals surface area contributed by atoms with Gasteiger partial charge in [0.25, 0.3) is 5.91 Å². The zero-order chi connectivity index (χ0) is 19.2.